The van der Waals surface area contributed by atoms with E-state index in [2.05, 4.69) is 15.6 Å². The SMILES string of the molecule is CN(Cc1ccccc1)C(=O)CNC(=O)NC(Cc1c[nH]c2ccccc12)C(=O)O. The quantitative estimate of drug-likeness (QED) is 0.457. The monoisotopic (exact) mass is 408 g/mol. The minimum absolute atomic E-state index is 0.120. The van der Waals surface area contributed by atoms with Crippen LogP contribution in [0.25, 0.3) is 10.9 Å². The number of rotatable bonds is 8. The summed E-state index contributed by atoms with van der Waals surface area (Å²) in [4.78, 5) is 40.6. The molecule has 0 spiro atoms. The number of carbonyl (C=O) groups is 3. The Hall–Kier alpha value is -3.81. The van der Waals surface area contributed by atoms with Crippen molar-refractivity contribution in [1.82, 2.24) is 20.5 Å². The van der Waals surface area contributed by atoms with Gasteiger partial charge in [-0.1, -0.05) is 48.5 Å². The summed E-state index contributed by atoms with van der Waals surface area (Å²) in [7, 11) is 1.64. The van der Waals surface area contributed by atoms with Gasteiger partial charge in [0.05, 0.1) is 6.54 Å². The molecule has 0 bridgehead atoms. The molecule has 1 atom stereocenters. The van der Waals surface area contributed by atoms with Crippen LogP contribution in [-0.2, 0) is 22.6 Å². The number of carboxylic acid groups (broad SMARTS) is 1. The van der Waals surface area contributed by atoms with E-state index in [-0.39, 0.29) is 18.9 Å². The summed E-state index contributed by atoms with van der Waals surface area (Å²) in [5.74, 6) is -1.43. The number of carbonyl (C=O) groups excluding carboxylic acids is 2. The number of benzene rings is 2. The molecule has 1 aromatic heterocycles. The van der Waals surface area contributed by atoms with Crippen LogP contribution in [0.5, 0.6) is 0 Å². The van der Waals surface area contributed by atoms with E-state index < -0.39 is 18.0 Å². The Morgan fingerprint density at radius 3 is 2.50 bits per heavy atom. The predicted octanol–water partition coefficient (Wildman–Crippen LogP) is 2.12. The molecular weight excluding hydrogens is 384 g/mol. The molecule has 8 heteroatoms. The van der Waals surface area contributed by atoms with Crippen molar-refractivity contribution in [2.45, 2.75) is 19.0 Å². The van der Waals surface area contributed by atoms with E-state index in [1.807, 2.05) is 54.6 Å². The molecule has 3 aromatic rings. The Labute approximate surface area is 173 Å². The second-order valence-electron chi connectivity index (χ2n) is 7.02. The second kappa shape index (κ2) is 9.60. The number of aliphatic carboxylic acids is 1. The van der Waals surface area contributed by atoms with E-state index in [0.29, 0.717) is 6.54 Å². The van der Waals surface area contributed by atoms with Gasteiger partial charge in [0, 0.05) is 37.1 Å². The summed E-state index contributed by atoms with van der Waals surface area (Å²) in [5, 5.41) is 15.3. The minimum atomic E-state index is -1.15. The molecule has 0 aliphatic rings. The van der Waals surface area contributed by atoms with Gasteiger partial charge in [0.2, 0.25) is 5.91 Å². The molecular formula is C22H24N4O4. The first-order chi connectivity index (χ1) is 14.4. The van der Waals surface area contributed by atoms with Gasteiger partial charge in [-0.2, -0.15) is 0 Å². The fourth-order valence-electron chi connectivity index (χ4n) is 3.17. The van der Waals surface area contributed by atoms with E-state index in [9.17, 15) is 19.5 Å². The number of hydrogen-bond acceptors (Lipinski definition) is 3. The van der Waals surface area contributed by atoms with Crippen molar-refractivity contribution in [1.29, 1.82) is 0 Å². The topological polar surface area (TPSA) is 115 Å². The molecule has 0 fully saturated rings. The number of urea groups is 1. The van der Waals surface area contributed by atoms with Crippen molar-refractivity contribution in [2.75, 3.05) is 13.6 Å². The molecule has 0 aliphatic carbocycles. The highest BCUT2D eigenvalue weighted by atomic mass is 16.4. The van der Waals surface area contributed by atoms with Gasteiger partial charge in [0.15, 0.2) is 0 Å². The number of aromatic amines is 1. The third-order valence-electron chi connectivity index (χ3n) is 4.79. The number of amides is 3. The van der Waals surface area contributed by atoms with Crippen molar-refractivity contribution >= 4 is 28.8 Å². The Morgan fingerprint density at radius 2 is 1.77 bits per heavy atom. The summed E-state index contributed by atoms with van der Waals surface area (Å²) < 4.78 is 0. The number of nitrogens with zero attached hydrogens (tertiary/aromatic N) is 1. The molecule has 4 N–H and O–H groups in total. The van der Waals surface area contributed by atoms with Gasteiger partial charge in [0.25, 0.3) is 0 Å². The van der Waals surface area contributed by atoms with Gasteiger partial charge in [-0.05, 0) is 17.2 Å². The fraction of sp³-hybridized carbons (Fsp3) is 0.227. The van der Waals surface area contributed by atoms with Crippen LogP contribution in [0.4, 0.5) is 4.79 Å². The second-order valence-corrected chi connectivity index (χ2v) is 7.02. The maximum Gasteiger partial charge on any atom is 0.326 e. The number of fused-ring (bicyclic) bond motifs is 1. The Morgan fingerprint density at radius 1 is 1.07 bits per heavy atom. The zero-order valence-corrected chi connectivity index (χ0v) is 16.6. The highest BCUT2D eigenvalue weighted by Crippen LogP contribution is 2.19. The Bertz CT molecular complexity index is 1030. The van der Waals surface area contributed by atoms with E-state index in [0.717, 1.165) is 22.0 Å². The van der Waals surface area contributed by atoms with Crippen LogP contribution in [0.1, 0.15) is 11.1 Å². The van der Waals surface area contributed by atoms with E-state index in [1.165, 1.54) is 4.90 Å². The van der Waals surface area contributed by atoms with Gasteiger partial charge in [-0.25, -0.2) is 9.59 Å². The van der Waals surface area contributed by atoms with Crippen LogP contribution in [0.3, 0.4) is 0 Å². The molecule has 30 heavy (non-hydrogen) atoms. The number of H-pyrrole nitrogens is 1. The van der Waals surface area contributed by atoms with Crippen LogP contribution in [0.15, 0.2) is 60.8 Å². The lowest BCUT2D eigenvalue weighted by atomic mass is 10.1. The maximum atomic E-state index is 12.2. The van der Waals surface area contributed by atoms with Crippen LogP contribution in [0.2, 0.25) is 0 Å². The number of hydrogen-bond donors (Lipinski definition) is 4. The first-order valence-corrected chi connectivity index (χ1v) is 9.54. The number of nitrogens with one attached hydrogen (secondary N) is 3. The van der Waals surface area contributed by atoms with Gasteiger partial charge in [0.1, 0.15) is 6.04 Å². The lowest BCUT2D eigenvalue weighted by Gasteiger charge is -2.19. The molecule has 3 rings (SSSR count). The third-order valence-corrected chi connectivity index (χ3v) is 4.79. The Balaban J connectivity index is 1.52. The van der Waals surface area contributed by atoms with Gasteiger partial charge in [-0.3, -0.25) is 4.79 Å². The molecule has 0 saturated carbocycles. The Kier molecular flexibility index (Phi) is 6.69. The van der Waals surface area contributed by atoms with E-state index >= 15 is 0 Å². The zero-order valence-electron chi connectivity index (χ0n) is 16.6. The predicted molar refractivity (Wildman–Crippen MR) is 113 cm³/mol. The molecule has 0 saturated heterocycles. The summed E-state index contributed by atoms with van der Waals surface area (Å²) in [6.07, 6.45) is 1.86. The van der Waals surface area contributed by atoms with E-state index in [1.54, 1.807) is 13.2 Å². The van der Waals surface area contributed by atoms with Gasteiger partial charge < -0.3 is 25.6 Å². The van der Waals surface area contributed by atoms with Crippen molar-refractivity contribution in [3.8, 4) is 0 Å². The molecule has 156 valence electrons. The molecule has 1 unspecified atom stereocenters. The molecule has 1 heterocycles. The van der Waals surface area contributed by atoms with Crippen molar-refractivity contribution in [2.24, 2.45) is 0 Å². The van der Waals surface area contributed by atoms with Crippen LogP contribution < -0.4 is 10.6 Å². The normalized spacial score (nSPS) is 11.6. The summed E-state index contributed by atoms with van der Waals surface area (Å²) in [5.41, 5.74) is 2.66. The largest absolute Gasteiger partial charge is 0.480 e. The van der Waals surface area contributed by atoms with Crippen LogP contribution in [0, 0.1) is 0 Å². The van der Waals surface area contributed by atoms with Gasteiger partial charge >= 0.3 is 12.0 Å². The summed E-state index contributed by atoms with van der Waals surface area (Å²) in [6, 6.07) is 15.2. The van der Waals surface area contributed by atoms with Crippen molar-refractivity contribution in [3.63, 3.8) is 0 Å². The summed E-state index contributed by atoms with van der Waals surface area (Å²) in [6.45, 7) is 0.190. The first kappa shape index (κ1) is 20.9. The van der Waals surface area contributed by atoms with E-state index in [4.69, 9.17) is 0 Å². The first-order valence-electron chi connectivity index (χ1n) is 9.54. The molecule has 3 amide bonds. The molecule has 2 aromatic carbocycles. The van der Waals surface area contributed by atoms with Gasteiger partial charge in [-0.15, -0.1) is 0 Å². The number of aromatic nitrogens is 1. The lowest BCUT2D eigenvalue weighted by molar-refractivity contribution is -0.139. The molecule has 8 nitrogen and oxygen atoms in total. The lowest BCUT2D eigenvalue weighted by Crippen LogP contribution is -2.49. The summed E-state index contributed by atoms with van der Waals surface area (Å²) >= 11 is 0. The molecule has 0 aliphatic heterocycles. The standard InChI is InChI=1S/C22H24N4O4/c1-26(14-15-7-3-2-4-8-15)20(27)13-24-22(30)25-19(21(28)29)11-16-12-23-18-10-6-5-9-17(16)18/h2-10,12,19,23H,11,13-14H2,1H3,(H,28,29)(H2,24,25,30). The minimum Gasteiger partial charge on any atom is -0.480 e. The molecule has 0 radical (unpaired) electrons. The third kappa shape index (κ3) is 5.38. The number of para-hydroxylation sites is 1. The van der Waals surface area contributed by atoms with Crippen LogP contribution in [-0.4, -0.2) is 52.5 Å². The smallest absolute Gasteiger partial charge is 0.326 e. The maximum absolute atomic E-state index is 12.2. The number of carboxylic acids is 1. The number of likely N-dealkylation sites (N-methyl/N-ethyl adjacent to an activating group) is 1. The average molecular weight is 408 g/mol. The average Bonchev–Trinajstić information content (AvgIpc) is 3.15. The van der Waals surface area contributed by atoms with Crippen molar-refractivity contribution in [3.05, 3.63) is 71.9 Å². The van der Waals surface area contributed by atoms with Crippen molar-refractivity contribution < 1.29 is 19.5 Å². The zero-order chi connectivity index (χ0) is 21.5. The highest BCUT2D eigenvalue weighted by molar-refractivity contribution is 5.88. The van der Waals surface area contributed by atoms with Crippen LogP contribution >= 0.6 is 0 Å². The fourth-order valence-corrected chi connectivity index (χ4v) is 3.17. The highest BCUT2D eigenvalue weighted by Gasteiger charge is 2.22.